The van der Waals surface area contributed by atoms with Gasteiger partial charge in [-0.15, -0.1) is 0 Å². The Kier molecular flexibility index (Phi) is 6.17. The van der Waals surface area contributed by atoms with E-state index >= 15 is 0 Å². The maximum Gasteiger partial charge on any atom is 0.267 e. The molecular weight excluding hydrogens is 218 g/mol. The minimum absolute atomic E-state index is 0.129. The van der Waals surface area contributed by atoms with Gasteiger partial charge < -0.3 is 20.8 Å². The normalized spacial score (nSPS) is 10.4. The topological polar surface area (TPSA) is 80.1 Å². The summed E-state index contributed by atoms with van der Waals surface area (Å²) >= 11 is 0. The second kappa shape index (κ2) is 7.73. The molecule has 5 nitrogen and oxygen atoms in total. The molecule has 0 aliphatic heterocycles. The van der Waals surface area contributed by atoms with Crippen molar-refractivity contribution < 1.29 is 9.53 Å². The first-order valence-electron chi connectivity index (χ1n) is 6.04. The Hall–Kier alpha value is -1.49. The van der Waals surface area contributed by atoms with Crippen molar-refractivity contribution in [2.24, 2.45) is 0 Å². The highest BCUT2D eigenvalue weighted by atomic mass is 16.5. The minimum atomic E-state index is -0.129. The zero-order valence-electron chi connectivity index (χ0n) is 10.3. The Morgan fingerprint density at radius 2 is 2.24 bits per heavy atom. The van der Waals surface area contributed by atoms with Gasteiger partial charge in [0.15, 0.2) is 0 Å². The fourth-order valence-corrected chi connectivity index (χ4v) is 1.36. The predicted molar refractivity (Wildman–Crippen MR) is 67.9 cm³/mol. The molecule has 1 aromatic heterocycles. The molecule has 1 aromatic rings. The number of nitrogens with one attached hydrogen (secondary N) is 2. The lowest BCUT2D eigenvalue weighted by Crippen LogP contribution is -2.25. The van der Waals surface area contributed by atoms with Crippen LogP contribution in [0.25, 0.3) is 0 Å². The molecule has 0 radical (unpaired) electrons. The van der Waals surface area contributed by atoms with Gasteiger partial charge in [0.05, 0.1) is 0 Å². The van der Waals surface area contributed by atoms with Gasteiger partial charge in [0.2, 0.25) is 0 Å². The van der Waals surface area contributed by atoms with Crippen LogP contribution in [0.2, 0.25) is 0 Å². The fraction of sp³-hybridized carbons (Fsp3) is 0.583. The van der Waals surface area contributed by atoms with Crippen LogP contribution in [0.5, 0.6) is 0 Å². The zero-order valence-corrected chi connectivity index (χ0v) is 10.3. The van der Waals surface area contributed by atoms with Gasteiger partial charge in [0.1, 0.15) is 5.69 Å². The molecule has 0 aliphatic rings. The number of ether oxygens (including phenoxy) is 1. The Labute approximate surface area is 102 Å². The standard InChI is InChI=1S/C12H21N3O2/c1-2-3-6-17-7-4-5-14-12(16)11-8-10(13)9-15-11/h8-9,15H,2-7,13H2,1H3,(H,14,16). The molecule has 1 amide bonds. The minimum Gasteiger partial charge on any atom is -0.397 e. The third kappa shape index (κ3) is 5.40. The number of hydrogen-bond acceptors (Lipinski definition) is 3. The average Bonchev–Trinajstić information content (AvgIpc) is 2.74. The van der Waals surface area contributed by atoms with Crippen molar-refractivity contribution in [3.05, 3.63) is 18.0 Å². The van der Waals surface area contributed by atoms with Crippen molar-refractivity contribution in [2.45, 2.75) is 26.2 Å². The van der Waals surface area contributed by atoms with Crippen LogP contribution < -0.4 is 11.1 Å². The Morgan fingerprint density at radius 1 is 1.47 bits per heavy atom. The van der Waals surface area contributed by atoms with Crippen LogP contribution in [0.4, 0.5) is 5.69 Å². The van der Waals surface area contributed by atoms with E-state index in [2.05, 4.69) is 17.2 Å². The summed E-state index contributed by atoms with van der Waals surface area (Å²) in [6.07, 6.45) is 4.66. The number of aromatic nitrogens is 1. The van der Waals surface area contributed by atoms with Crippen LogP contribution in [0.3, 0.4) is 0 Å². The first kappa shape index (κ1) is 13.6. The van der Waals surface area contributed by atoms with Crippen molar-refractivity contribution in [3.63, 3.8) is 0 Å². The molecule has 0 spiro atoms. The lowest BCUT2D eigenvalue weighted by atomic mass is 10.3. The highest BCUT2D eigenvalue weighted by Gasteiger charge is 2.05. The highest BCUT2D eigenvalue weighted by molar-refractivity contribution is 5.93. The number of amides is 1. The lowest BCUT2D eigenvalue weighted by molar-refractivity contribution is 0.0936. The summed E-state index contributed by atoms with van der Waals surface area (Å²) < 4.78 is 5.39. The Morgan fingerprint density at radius 3 is 2.88 bits per heavy atom. The summed E-state index contributed by atoms with van der Waals surface area (Å²) in [5.74, 6) is -0.129. The Balaban J connectivity index is 2.05. The number of H-pyrrole nitrogens is 1. The maximum atomic E-state index is 11.6. The molecule has 96 valence electrons. The van der Waals surface area contributed by atoms with E-state index in [4.69, 9.17) is 10.5 Å². The third-order valence-electron chi connectivity index (χ3n) is 2.34. The summed E-state index contributed by atoms with van der Waals surface area (Å²) in [6.45, 7) is 4.24. The second-order valence-corrected chi connectivity index (χ2v) is 3.92. The van der Waals surface area contributed by atoms with Crippen molar-refractivity contribution in [2.75, 3.05) is 25.5 Å². The van der Waals surface area contributed by atoms with E-state index in [9.17, 15) is 4.79 Å². The summed E-state index contributed by atoms with van der Waals surface area (Å²) in [7, 11) is 0. The SMILES string of the molecule is CCCCOCCCNC(=O)c1cc(N)c[nH]1. The molecule has 0 atom stereocenters. The van der Waals surface area contributed by atoms with E-state index < -0.39 is 0 Å². The van der Waals surface area contributed by atoms with Crippen molar-refractivity contribution in [1.29, 1.82) is 0 Å². The summed E-state index contributed by atoms with van der Waals surface area (Å²) in [5, 5.41) is 2.80. The van der Waals surface area contributed by atoms with Crippen molar-refractivity contribution in [3.8, 4) is 0 Å². The lowest BCUT2D eigenvalue weighted by Gasteiger charge is -2.04. The number of rotatable bonds is 8. The van der Waals surface area contributed by atoms with E-state index in [0.717, 1.165) is 25.9 Å². The second-order valence-electron chi connectivity index (χ2n) is 3.92. The van der Waals surface area contributed by atoms with Gasteiger partial charge in [-0.2, -0.15) is 0 Å². The largest absolute Gasteiger partial charge is 0.397 e. The number of carbonyl (C=O) groups is 1. The van der Waals surface area contributed by atoms with E-state index in [-0.39, 0.29) is 5.91 Å². The number of carbonyl (C=O) groups excluding carboxylic acids is 1. The van der Waals surface area contributed by atoms with E-state index in [1.54, 1.807) is 12.3 Å². The number of unbranched alkanes of at least 4 members (excludes halogenated alkanes) is 1. The summed E-state index contributed by atoms with van der Waals surface area (Å²) in [4.78, 5) is 14.4. The van der Waals surface area contributed by atoms with Crippen molar-refractivity contribution in [1.82, 2.24) is 10.3 Å². The molecule has 5 heteroatoms. The quantitative estimate of drug-likeness (QED) is 0.602. The van der Waals surface area contributed by atoms with Gasteiger partial charge in [-0.1, -0.05) is 13.3 Å². The fourth-order valence-electron chi connectivity index (χ4n) is 1.36. The molecular formula is C12H21N3O2. The van der Waals surface area contributed by atoms with E-state index in [1.165, 1.54) is 0 Å². The Bertz CT molecular complexity index is 336. The maximum absolute atomic E-state index is 11.6. The highest BCUT2D eigenvalue weighted by Crippen LogP contribution is 2.03. The molecule has 0 unspecified atom stereocenters. The van der Waals surface area contributed by atoms with Crippen LogP contribution in [-0.2, 0) is 4.74 Å². The number of anilines is 1. The number of nitrogens with two attached hydrogens (primary N) is 1. The molecule has 0 bridgehead atoms. The summed E-state index contributed by atoms with van der Waals surface area (Å²) in [6, 6.07) is 1.62. The first-order chi connectivity index (χ1) is 8.24. The zero-order chi connectivity index (χ0) is 12.5. The van der Waals surface area contributed by atoms with Gasteiger partial charge in [-0.05, 0) is 18.9 Å². The van der Waals surface area contributed by atoms with Gasteiger partial charge >= 0.3 is 0 Å². The monoisotopic (exact) mass is 239 g/mol. The molecule has 0 aromatic carbocycles. The van der Waals surface area contributed by atoms with E-state index in [0.29, 0.717) is 24.5 Å². The van der Waals surface area contributed by atoms with Gasteiger partial charge in [0, 0.05) is 31.6 Å². The third-order valence-corrected chi connectivity index (χ3v) is 2.34. The molecule has 0 fully saturated rings. The number of aromatic amines is 1. The van der Waals surface area contributed by atoms with Crippen LogP contribution >= 0.6 is 0 Å². The molecule has 1 heterocycles. The molecule has 17 heavy (non-hydrogen) atoms. The smallest absolute Gasteiger partial charge is 0.267 e. The van der Waals surface area contributed by atoms with Crippen molar-refractivity contribution >= 4 is 11.6 Å². The number of hydrogen-bond donors (Lipinski definition) is 3. The molecule has 1 rings (SSSR count). The van der Waals surface area contributed by atoms with Crippen LogP contribution in [0.1, 0.15) is 36.7 Å². The molecule has 0 saturated heterocycles. The van der Waals surface area contributed by atoms with E-state index in [1.807, 2.05) is 0 Å². The van der Waals surface area contributed by atoms with Gasteiger partial charge in [0.25, 0.3) is 5.91 Å². The van der Waals surface area contributed by atoms with Gasteiger partial charge in [-0.3, -0.25) is 4.79 Å². The first-order valence-corrected chi connectivity index (χ1v) is 6.04. The number of nitrogen functional groups attached to an aromatic ring is 1. The van der Waals surface area contributed by atoms with Gasteiger partial charge in [-0.25, -0.2) is 0 Å². The van der Waals surface area contributed by atoms with Crippen LogP contribution in [-0.4, -0.2) is 30.6 Å². The summed E-state index contributed by atoms with van der Waals surface area (Å²) in [5.41, 5.74) is 6.57. The van der Waals surface area contributed by atoms with Crippen LogP contribution in [0, 0.1) is 0 Å². The molecule has 0 saturated carbocycles. The average molecular weight is 239 g/mol. The predicted octanol–water partition coefficient (Wildman–Crippen LogP) is 1.53. The molecule has 4 N–H and O–H groups in total. The molecule has 0 aliphatic carbocycles. The van der Waals surface area contributed by atoms with Crippen LogP contribution in [0.15, 0.2) is 12.3 Å².